The molecule has 108 valence electrons. The van der Waals surface area contributed by atoms with Crippen LogP contribution < -0.4 is 11.1 Å². The van der Waals surface area contributed by atoms with Crippen molar-refractivity contribution < 1.29 is 4.79 Å². The number of halogens is 1. The Morgan fingerprint density at radius 3 is 2.62 bits per heavy atom. The van der Waals surface area contributed by atoms with E-state index in [4.69, 9.17) is 5.73 Å². The molecule has 2 aromatic carbocycles. The van der Waals surface area contributed by atoms with E-state index in [9.17, 15) is 4.79 Å². The lowest BCUT2D eigenvalue weighted by atomic mass is 10.1. The molecule has 3 N–H and O–H groups in total. The van der Waals surface area contributed by atoms with E-state index >= 15 is 0 Å². The first-order valence-electron chi connectivity index (χ1n) is 6.64. The molecule has 4 heteroatoms. The van der Waals surface area contributed by atoms with Crippen molar-refractivity contribution in [3.8, 4) is 0 Å². The standard InChI is InChI=1S/C17H17BrN2O/c1-12(14-6-8-15(18)9-7-14)20-17(21)10-5-13-3-2-4-16(19)11-13/h2-12H,19H2,1H3,(H,20,21)/b10-5+/t12-/m0/s1. The van der Waals surface area contributed by atoms with Gasteiger partial charge in [0.2, 0.25) is 5.91 Å². The van der Waals surface area contributed by atoms with Crippen molar-refractivity contribution in [1.82, 2.24) is 5.32 Å². The molecule has 0 radical (unpaired) electrons. The Bertz CT molecular complexity index is 650. The first-order valence-corrected chi connectivity index (χ1v) is 7.43. The smallest absolute Gasteiger partial charge is 0.244 e. The van der Waals surface area contributed by atoms with E-state index in [2.05, 4.69) is 21.2 Å². The van der Waals surface area contributed by atoms with Gasteiger partial charge < -0.3 is 11.1 Å². The molecule has 2 aromatic rings. The number of nitrogens with one attached hydrogen (secondary N) is 1. The van der Waals surface area contributed by atoms with Crippen molar-refractivity contribution in [2.45, 2.75) is 13.0 Å². The summed E-state index contributed by atoms with van der Waals surface area (Å²) in [5.74, 6) is -0.132. The number of carbonyl (C=O) groups excluding carboxylic acids is 1. The summed E-state index contributed by atoms with van der Waals surface area (Å²) in [5, 5.41) is 2.93. The summed E-state index contributed by atoms with van der Waals surface area (Å²) in [6, 6.07) is 15.2. The molecular weight excluding hydrogens is 328 g/mol. The van der Waals surface area contributed by atoms with Gasteiger partial charge in [0.15, 0.2) is 0 Å². The van der Waals surface area contributed by atoms with Crippen LogP contribution in [0.2, 0.25) is 0 Å². The minimum Gasteiger partial charge on any atom is -0.399 e. The lowest BCUT2D eigenvalue weighted by Gasteiger charge is -2.12. The Hall–Kier alpha value is -2.07. The Morgan fingerprint density at radius 1 is 1.24 bits per heavy atom. The third-order valence-electron chi connectivity index (χ3n) is 3.07. The highest BCUT2D eigenvalue weighted by atomic mass is 79.9. The number of amides is 1. The molecule has 0 saturated carbocycles. The number of benzene rings is 2. The van der Waals surface area contributed by atoms with Crippen LogP contribution in [0.25, 0.3) is 6.08 Å². The van der Waals surface area contributed by atoms with Gasteiger partial charge in [-0.25, -0.2) is 0 Å². The summed E-state index contributed by atoms with van der Waals surface area (Å²) in [6.45, 7) is 1.95. The summed E-state index contributed by atoms with van der Waals surface area (Å²) >= 11 is 3.39. The van der Waals surface area contributed by atoms with Gasteiger partial charge in [-0.1, -0.05) is 40.2 Å². The van der Waals surface area contributed by atoms with Crippen LogP contribution in [0.15, 0.2) is 59.1 Å². The van der Waals surface area contributed by atoms with Gasteiger partial charge in [0.25, 0.3) is 0 Å². The summed E-state index contributed by atoms with van der Waals surface area (Å²) in [6.07, 6.45) is 3.27. The van der Waals surface area contributed by atoms with Gasteiger partial charge in [-0.15, -0.1) is 0 Å². The Labute approximate surface area is 133 Å². The van der Waals surface area contributed by atoms with Gasteiger partial charge in [0.1, 0.15) is 0 Å². The van der Waals surface area contributed by atoms with Crippen LogP contribution in [0.5, 0.6) is 0 Å². The monoisotopic (exact) mass is 344 g/mol. The topological polar surface area (TPSA) is 55.1 Å². The van der Waals surface area contributed by atoms with Gasteiger partial charge in [0, 0.05) is 16.2 Å². The van der Waals surface area contributed by atoms with Crippen LogP contribution in [0.4, 0.5) is 5.69 Å². The van der Waals surface area contributed by atoms with Crippen LogP contribution in [0.3, 0.4) is 0 Å². The summed E-state index contributed by atoms with van der Waals surface area (Å²) < 4.78 is 1.02. The van der Waals surface area contributed by atoms with E-state index in [1.807, 2.05) is 55.5 Å². The number of hydrogen-bond donors (Lipinski definition) is 2. The van der Waals surface area contributed by atoms with Crippen LogP contribution in [0.1, 0.15) is 24.1 Å². The van der Waals surface area contributed by atoms with E-state index in [1.165, 1.54) is 6.08 Å². The molecule has 1 amide bonds. The molecule has 0 aliphatic rings. The second-order valence-electron chi connectivity index (χ2n) is 4.79. The Balaban J connectivity index is 1.96. The van der Waals surface area contributed by atoms with Crippen LogP contribution in [-0.4, -0.2) is 5.91 Å². The second kappa shape index (κ2) is 7.09. The number of nitrogen functional groups attached to an aromatic ring is 1. The molecule has 0 aliphatic heterocycles. The van der Waals surface area contributed by atoms with Gasteiger partial charge in [0.05, 0.1) is 6.04 Å². The SMILES string of the molecule is C[C@H](NC(=O)/C=C/c1cccc(N)c1)c1ccc(Br)cc1. The first kappa shape index (κ1) is 15.3. The van der Waals surface area contributed by atoms with Crippen molar-refractivity contribution in [3.63, 3.8) is 0 Å². The van der Waals surface area contributed by atoms with Gasteiger partial charge in [-0.3, -0.25) is 4.79 Å². The number of nitrogens with two attached hydrogens (primary N) is 1. The fourth-order valence-electron chi connectivity index (χ4n) is 1.93. The van der Waals surface area contributed by atoms with E-state index in [0.717, 1.165) is 15.6 Å². The highest BCUT2D eigenvalue weighted by Crippen LogP contribution is 2.16. The van der Waals surface area contributed by atoms with Crippen LogP contribution in [0, 0.1) is 0 Å². The van der Waals surface area contributed by atoms with Gasteiger partial charge in [-0.2, -0.15) is 0 Å². The lowest BCUT2D eigenvalue weighted by molar-refractivity contribution is -0.117. The molecule has 0 saturated heterocycles. The molecule has 0 spiro atoms. The summed E-state index contributed by atoms with van der Waals surface area (Å²) in [4.78, 5) is 11.9. The summed E-state index contributed by atoms with van der Waals surface area (Å²) in [5.41, 5.74) is 8.34. The minimum atomic E-state index is -0.132. The van der Waals surface area contributed by atoms with E-state index < -0.39 is 0 Å². The van der Waals surface area contributed by atoms with E-state index in [-0.39, 0.29) is 11.9 Å². The molecule has 3 nitrogen and oxygen atoms in total. The lowest BCUT2D eigenvalue weighted by Crippen LogP contribution is -2.24. The third-order valence-corrected chi connectivity index (χ3v) is 3.60. The van der Waals surface area contributed by atoms with Crippen LogP contribution in [-0.2, 0) is 4.79 Å². The van der Waals surface area contributed by atoms with Crippen molar-refractivity contribution in [1.29, 1.82) is 0 Å². The van der Waals surface area contributed by atoms with Crippen LogP contribution >= 0.6 is 15.9 Å². The predicted molar refractivity (Wildman–Crippen MR) is 90.6 cm³/mol. The van der Waals surface area contributed by atoms with Gasteiger partial charge in [-0.05, 0) is 48.4 Å². The van der Waals surface area contributed by atoms with Crippen molar-refractivity contribution in [2.75, 3.05) is 5.73 Å². The zero-order chi connectivity index (χ0) is 15.2. The van der Waals surface area contributed by atoms with Crippen molar-refractivity contribution >= 4 is 33.6 Å². The maximum atomic E-state index is 11.9. The number of hydrogen-bond acceptors (Lipinski definition) is 2. The third kappa shape index (κ3) is 4.76. The van der Waals surface area contributed by atoms with Gasteiger partial charge >= 0.3 is 0 Å². The first-order chi connectivity index (χ1) is 10.0. The number of rotatable bonds is 4. The fourth-order valence-corrected chi connectivity index (χ4v) is 2.20. The Morgan fingerprint density at radius 2 is 1.95 bits per heavy atom. The number of anilines is 1. The zero-order valence-corrected chi connectivity index (χ0v) is 13.3. The zero-order valence-electron chi connectivity index (χ0n) is 11.7. The van der Waals surface area contributed by atoms with E-state index in [1.54, 1.807) is 6.08 Å². The highest BCUT2D eigenvalue weighted by molar-refractivity contribution is 9.10. The quantitative estimate of drug-likeness (QED) is 0.652. The fraction of sp³-hybridized carbons (Fsp3) is 0.118. The molecule has 0 heterocycles. The molecule has 21 heavy (non-hydrogen) atoms. The normalized spacial score (nSPS) is 12.3. The average molecular weight is 345 g/mol. The molecular formula is C17H17BrN2O. The minimum absolute atomic E-state index is 0.0453. The van der Waals surface area contributed by atoms with E-state index in [0.29, 0.717) is 5.69 Å². The van der Waals surface area contributed by atoms with Crippen molar-refractivity contribution in [3.05, 3.63) is 70.2 Å². The molecule has 2 rings (SSSR count). The summed E-state index contributed by atoms with van der Waals surface area (Å²) in [7, 11) is 0. The largest absolute Gasteiger partial charge is 0.399 e. The highest BCUT2D eigenvalue weighted by Gasteiger charge is 2.06. The number of carbonyl (C=O) groups is 1. The second-order valence-corrected chi connectivity index (χ2v) is 5.70. The van der Waals surface area contributed by atoms with Crippen molar-refractivity contribution in [2.24, 2.45) is 0 Å². The molecule has 1 atom stereocenters. The molecule has 0 aliphatic carbocycles. The predicted octanol–water partition coefficient (Wildman–Crippen LogP) is 3.92. The molecule has 0 fully saturated rings. The maximum Gasteiger partial charge on any atom is 0.244 e. The molecule has 0 bridgehead atoms. The Kier molecular flexibility index (Phi) is 5.17. The average Bonchev–Trinajstić information content (AvgIpc) is 2.46. The maximum absolute atomic E-state index is 11.9. The molecule has 0 aromatic heterocycles. The molecule has 0 unspecified atom stereocenters.